The molecule has 0 aliphatic heterocycles. The third-order valence-electron chi connectivity index (χ3n) is 3.97. The second-order valence-electron chi connectivity index (χ2n) is 5.42. The lowest BCUT2D eigenvalue weighted by atomic mass is 10.1. The molecule has 3 N–H and O–H groups in total. The van der Waals surface area contributed by atoms with Gasteiger partial charge in [-0.3, -0.25) is 9.59 Å². The summed E-state index contributed by atoms with van der Waals surface area (Å²) < 4.78 is 5.15. The standard InChI is InChI=1S/C14H17NO4/c1-13(2)10(14(13,15)12(17)18)11(16)19-8-9-6-4-3-5-7-9/h3-7,10H,8,15H2,1-2H3,(H,17,18)/t10?,14-/m1/s1. The molecule has 5 nitrogen and oxygen atoms in total. The highest BCUT2D eigenvalue weighted by Crippen LogP contribution is 2.60. The third-order valence-corrected chi connectivity index (χ3v) is 3.97. The summed E-state index contributed by atoms with van der Waals surface area (Å²) in [5, 5.41) is 9.12. The summed E-state index contributed by atoms with van der Waals surface area (Å²) >= 11 is 0. The first-order valence-corrected chi connectivity index (χ1v) is 6.04. The Morgan fingerprint density at radius 3 is 2.37 bits per heavy atom. The van der Waals surface area contributed by atoms with E-state index in [4.69, 9.17) is 15.6 Å². The number of rotatable bonds is 4. The van der Waals surface area contributed by atoms with Crippen LogP contribution in [0, 0.1) is 11.3 Å². The highest BCUT2D eigenvalue weighted by Gasteiger charge is 2.78. The van der Waals surface area contributed by atoms with Gasteiger partial charge in [0.1, 0.15) is 12.1 Å². The molecular weight excluding hydrogens is 246 g/mol. The minimum absolute atomic E-state index is 0.127. The number of carboxylic acids is 1. The van der Waals surface area contributed by atoms with Crippen LogP contribution in [-0.4, -0.2) is 22.6 Å². The van der Waals surface area contributed by atoms with Gasteiger partial charge >= 0.3 is 11.9 Å². The fourth-order valence-electron chi connectivity index (χ4n) is 2.49. The SMILES string of the molecule is CC1(C)C(C(=O)OCc2ccccc2)[C@@]1(N)C(=O)O. The van der Waals surface area contributed by atoms with E-state index in [1.54, 1.807) is 13.8 Å². The number of hydrogen-bond acceptors (Lipinski definition) is 4. The fourth-order valence-corrected chi connectivity index (χ4v) is 2.49. The van der Waals surface area contributed by atoms with Crippen LogP contribution in [0.3, 0.4) is 0 Å². The van der Waals surface area contributed by atoms with Crippen molar-refractivity contribution in [3.05, 3.63) is 35.9 Å². The van der Waals surface area contributed by atoms with Gasteiger partial charge in [0.2, 0.25) is 0 Å². The molecule has 1 saturated carbocycles. The van der Waals surface area contributed by atoms with Crippen LogP contribution in [-0.2, 0) is 20.9 Å². The zero-order chi connectivity index (χ0) is 14.3. The molecule has 1 aliphatic carbocycles. The number of ether oxygens (including phenoxy) is 1. The van der Waals surface area contributed by atoms with E-state index in [9.17, 15) is 9.59 Å². The molecule has 0 bridgehead atoms. The predicted molar refractivity (Wildman–Crippen MR) is 68.1 cm³/mol. The van der Waals surface area contributed by atoms with Gasteiger partial charge in [-0.05, 0) is 5.56 Å². The molecule has 1 fully saturated rings. The van der Waals surface area contributed by atoms with Crippen LogP contribution < -0.4 is 5.73 Å². The van der Waals surface area contributed by atoms with E-state index in [0.29, 0.717) is 0 Å². The molecule has 2 rings (SSSR count). The van der Waals surface area contributed by atoms with Gasteiger partial charge in [0, 0.05) is 5.41 Å². The van der Waals surface area contributed by atoms with Crippen molar-refractivity contribution in [1.29, 1.82) is 0 Å². The molecule has 1 aromatic carbocycles. The molecule has 0 saturated heterocycles. The number of benzene rings is 1. The molecule has 0 amide bonds. The normalized spacial score (nSPS) is 27.6. The Morgan fingerprint density at radius 1 is 1.32 bits per heavy atom. The van der Waals surface area contributed by atoms with Crippen LogP contribution in [0.1, 0.15) is 19.4 Å². The van der Waals surface area contributed by atoms with Crippen LogP contribution in [0.2, 0.25) is 0 Å². The average Bonchev–Trinajstić information content (AvgIpc) is 2.83. The average molecular weight is 263 g/mol. The number of carbonyl (C=O) groups is 2. The van der Waals surface area contributed by atoms with Crippen molar-refractivity contribution in [3.63, 3.8) is 0 Å². The minimum Gasteiger partial charge on any atom is -0.480 e. The van der Waals surface area contributed by atoms with E-state index in [2.05, 4.69) is 0 Å². The molecule has 0 aromatic heterocycles. The lowest BCUT2D eigenvalue weighted by molar-refractivity contribution is -0.150. The summed E-state index contributed by atoms with van der Waals surface area (Å²) in [6.45, 7) is 3.45. The third kappa shape index (κ3) is 2.00. The lowest BCUT2D eigenvalue weighted by Gasteiger charge is -2.07. The summed E-state index contributed by atoms with van der Waals surface area (Å²) in [6.07, 6.45) is 0. The molecule has 19 heavy (non-hydrogen) atoms. The first kappa shape index (κ1) is 13.5. The summed E-state index contributed by atoms with van der Waals surface area (Å²) in [5.74, 6) is -2.53. The smallest absolute Gasteiger partial charge is 0.325 e. The Bertz CT molecular complexity index is 511. The maximum atomic E-state index is 11.9. The molecule has 0 heterocycles. The second-order valence-corrected chi connectivity index (χ2v) is 5.42. The van der Waals surface area contributed by atoms with Gasteiger partial charge in [0.15, 0.2) is 0 Å². The molecule has 0 spiro atoms. The molecule has 1 aromatic rings. The predicted octanol–water partition coefficient (Wildman–Crippen LogP) is 1.17. The molecule has 1 unspecified atom stereocenters. The fraction of sp³-hybridized carbons (Fsp3) is 0.429. The van der Waals surface area contributed by atoms with Crippen LogP contribution in [0.4, 0.5) is 0 Å². The molecule has 2 atom stereocenters. The summed E-state index contributed by atoms with van der Waals surface area (Å²) in [5.41, 5.74) is 4.32. The van der Waals surface area contributed by atoms with E-state index in [0.717, 1.165) is 5.56 Å². The van der Waals surface area contributed by atoms with Crippen molar-refractivity contribution in [2.24, 2.45) is 17.1 Å². The number of carbonyl (C=O) groups excluding carboxylic acids is 1. The van der Waals surface area contributed by atoms with E-state index in [-0.39, 0.29) is 6.61 Å². The van der Waals surface area contributed by atoms with Gasteiger partial charge in [-0.2, -0.15) is 0 Å². The first-order chi connectivity index (χ1) is 8.81. The zero-order valence-corrected chi connectivity index (χ0v) is 10.9. The highest BCUT2D eigenvalue weighted by molar-refractivity contribution is 5.96. The summed E-state index contributed by atoms with van der Waals surface area (Å²) in [6, 6.07) is 9.21. The van der Waals surface area contributed by atoms with E-state index < -0.39 is 28.8 Å². The quantitative estimate of drug-likeness (QED) is 0.796. The second kappa shape index (κ2) is 4.35. The molecule has 1 aliphatic rings. The largest absolute Gasteiger partial charge is 0.480 e. The molecular formula is C14H17NO4. The lowest BCUT2D eigenvalue weighted by Crippen LogP contribution is -2.40. The van der Waals surface area contributed by atoms with Gasteiger partial charge in [0.25, 0.3) is 0 Å². The number of aliphatic carboxylic acids is 1. The van der Waals surface area contributed by atoms with Crippen LogP contribution in [0.15, 0.2) is 30.3 Å². The molecule has 102 valence electrons. The molecule has 5 heteroatoms. The van der Waals surface area contributed by atoms with Crippen molar-refractivity contribution >= 4 is 11.9 Å². The number of hydrogen-bond donors (Lipinski definition) is 2. The van der Waals surface area contributed by atoms with Crippen molar-refractivity contribution < 1.29 is 19.4 Å². The van der Waals surface area contributed by atoms with Gasteiger partial charge in [-0.15, -0.1) is 0 Å². The van der Waals surface area contributed by atoms with E-state index >= 15 is 0 Å². The maximum Gasteiger partial charge on any atom is 0.325 e. The Hall–Kier alpha value is -1.88. The Labute approximate surface area is 111 Å². The number of esters is 1. The van der Waals surface area contributed by atoms with Crippen LogP contribution in [0.25, 0.3) is 0 Å². The van der Waals surface area contributed by atoms with E-state index in [1.165, 1.54) is 0 Å². The van der Waals surface area contributed by atoms with Crippen LogP contribution >= 0.6 is 0 Å². The number of nitrogens with two attached hydrogens (primary N) is 1. The zero-order valence-electron chi connectivity index (χ0n) is 10.9. The molecule has 0 radical (unpaired) electrons. The Kier molecular flexibility index (Phi) is 3.10. The Morgan fingerprint density at radius 2 is 1.89 bits per heavy atom. The van der Waals surface area contributed by atoms with Crippen molar-refractivity contribution in [1.82, 2.24) is 0 Å². The highest BCUT2D eigenvalue weighted by atomic mass is 16.5. The van der Waals surface area contributed by atoms with Crippen molar-refractivity contribution in [3.8, 4) is 0 Å². The van der Waals surface area contributed by atoms with Crippen molar-refractivity contribution in [2.75, 3.05) is 0 Å². The Balaban J connectivity index is 2.01. The van der Waals surface area contributed by atoms with Gasteiger partial charge < -0.3 is 15.6 Å². The van der Waals surface area contributed by atoms with Crippen LogP contribution in [0.5, 0.6) is 0 Å². The maximum absolute atomic E-state index is 11.9. The summed E-state index contributed by atoms with van der Waals surface area (Å²) in [7, 11) is 0. The van der Waals surface area contributed by atoms with Gasteiger partial charge in [-0.25, -0.2) is 0 Å². The topological polar surface area (TPSA) is 89.6 Å². The number of carboxylic acid groups (broad SMARTS) is 1. The van der Waals surface area contributed by atoms with Gasteiger partial charge in [0.05, 0.1) is 5.92 Å². The van der Waals surface area contributed by atoms with Crippen molar-refractivity contribution in [2.45, 2.75) is 26.0 Å². The summed E-state index contributed by atoms with van der Waals surface area (Å²) in [4.78, 5) is 23.1. The monoisotopic (exact) mass is 263 g/mol. The van der Waals surface area contributed by atoms with E-state index in [1.807, 2.05) is 30.3 Å². The first-order valence-electron chi connectivity index (χ1n) is 6.04. The minimum atomic E-state index is -1.53. The van der Waals surface area contributed by atoms with Gasteiger partial charge in [-0.1, -0.05) is 44.2 Å².